The molecule has 0 spiro atoms. The summed E-state index contributed by atoms with van der Waals surface area (Å²) < 4.78 is 0. The predicted octanol–water partition coefficient (Wildman–Crippen LogP) is 1.72. The lowest BCUT2D eigenvalue weighted by Crippen LogP contribution is -2.49. The number of anilines is 1. The van der Waals surface area contributed by atoms with Crippen LogP contribution in [0.3, 0.4) is 0 Å². The molecule has 0 saturated carbocycles. The average Bonchev–Trinajstić information content (AvgIpc) is 2.85. The molecular weight excluding hydrogens is 312 g/mol. The second kappa shape index (κ2) is 6.16. The monoisotopic (exact) mass is 332 g/mol. The van der Waals surface area contributed by atoms with Gasteiger partial charge in [0.2, 0.25) is 5.56 Å². The van der Waals surface area contributed by atoms with Gasteiger partial charge < -0.3 is 14.8 Å². The zero-order valence-electron chi connectivity index (χ0n) is 13.5. The van der Waals surface area contributed by atoms with Gasteiger partial charge in [-0.25, -0.2) is 4.98 Å². The topological polar surface area (TPSA) is 69.3 Å². The van der Waals surface area contributed by atoms with Crippen molar-refractivity contribution in [2.24, 2.45) is 0 Å². The van der Waals surface area contributed by atoms with Crippen molar-refractivity contribution >= 4 is 22.4 Å². The smallest absolute Gasteiger partial charge is 0.254 e. The number of hydrogen-bond donors (Lipinski definition) is 1. The van der Waals surface area contributed by atoms with Gasteiger partial charge in [-0.15, -0.1) is 11.3 Å². The van der Waals surface area contributed by atoms with Gasteiger partial charge >= 0.3 is 0 Å². The molecule has 7 heteroatoms. The molecule has 122 valence electrons. The van der Waals surface area contributed by atoms with Crippen molar-refractivity contribution in [3.63, 3.8) is 0 Å². The van der Waals surface area contributed by atoms with E-state index in [1.54, 1.807) is 29.2 Å². The largest absolute Gasteiger partial charge is 0.345 e. The summed E-state index contributed by atoms with van der Waals surface area (Å²) in [6, 6.07) is 3.10. The highest BCUT2D eigenvalue weighted by atomic mass is 32.1. The fourth-order valence-electron chi connectivity index (χ4n) is 2.68. The Hall–Kier alpha value is -2.15. The van der Waals surface area contributed by atoms with E-state index < -0.39 is 0 Å². The third kappa shape index (κ3) is 3.29. The van der Waals surface area contributed by atoms with Crippen molar-refractivity contribution in [2.45, 2.75) is 20.8 Å². The van der Waals surface area contributed by atoms with Crippen LogP contribution in [-0.2, 0) is 0 Å². The molecule has 0 aliphatic carbocycles. The first-order valence-corrected chi connectivity index (χ1v) is 8.45. The van der Waals surface area contributed by atoms with E-state index in [1.165, 1.54) is 10.9 Å². The number of pyridine rings is 1. The summed E-state index contributed by atoms with van der Waals surface area (Å²) in [6.07, 6.45) is 0. The molecule has 1 amide bonds. The summed E-state index contributed by atoms with van der Waals surface area (Å²) in [5, 5.41) is 1.03. The lowest BCUT2D eigenvalue weighted by atomic mass is 10.2. The Morgan fingerprint density at radius 1 is 1.17 bits per heavy atom. The fraction of sp³-hybridized carbons (Fsp3) is 0.438. The fourth-order valence-corrected chi connectivity index (χ4v) is 3.64. The van der Waals surface area contributed by atoms with Crippen LogP contribution in [0.15, 0.2) is 16.9 Å². The number of aromatic amines is 1. The minimum Gasteiger partial charge on any atom is -0.345 e. The molecule has 0 bridgehead atoms. The van der Waals surface area contributed by atoms with E-state index in [1.807, 2.05) is 6.92 Å². The summed E-state index contributed by atoms with van der Waals surface area (Å²) in [5.74, 6) is -0.0784. The second-order valence-corrected chi connectivity index (χ2v) is 7.02. The number of aromatic nitrogens is 2. The van der Waals surface area contributed by atoms with E-state index >= 15 is 0 Å². The molecule has 1 aliphatic heterocycles. The number of hydrogen-bond acceptors (Lipinski definition) is 5. The maximum atomic E-state index is 12.5. The van der Waals surface area contributed by atoms with Gasteiger partial charge in [-0.3, -0.25) is 9.59 Å². The zero-order chi connectivity index (χ0) is 16.6. The Morgan fingerprint density at radius 3 is 2.43 bits per heavy atom. The van der Waals surface area contributed by atoms with Crippen LogP contribution in [0, 0.1) is 20.8 Å². The van der Waals surface area contributed by atoms with Crippen molar-refractivity contribution in [3.05, 3.63) is 44.3 Å². The molecule has 1 fully saturated rings. The van der Waals surface area contributed by atoms with E-state index in [0.29, 0.717) is 24.3 Å². The van der Waals surface area contributed by atoms with Crippen LogP contribution in [0.4, 0.5) is 5.13 Å². The van der Waals surface area contributed by atoms with Gasteiger partial charge in [0.15, 0.2) is 5.13 Å². The molecule has 1 N–H and O–H groups in total. The van der Waals surface area contributed by atoms with E-state index in [0.717, 1.165) is 23.9 Å². The molecule has 0 aromatic carbocycles. The maximum Gasteiger partial charge on any atom is 0.254 e. The number of amides is 1. The van der Waals surface area contributed by atoms with Crippen molar-refractivity contribution < 1.29 is 4.79 Å². The number of piperazine rings is 1. The maximum absolute atomic E-state index is 12.5. The van der Waals surface area contributed by atoms with Gasteiger partial charge in [0.1, 0.15) is 0 Å². The van der Waals surface area contributed by atoms with E-state index in [2.05, 4.69) is 21.8 Å². The Labute approximate surface area is 138 Å². The van der Waals surface area contributed by atoms with Gasteiger partial charge in [0.05, 0.1) is 5.69 Å². The van der Waals surface area contributed by atoms with Crippen LogP contribution in [0.1, 0.15) is 26.6 Å². The van der Waals surface area contributed by atoms with Gasteiger partial charge in [-0.05, 0) is 26.8 Å². The van der Waals surface area contributed by atoms with Crippen LogP contribution in [0.5, 0.6) is 0 Å². The van der Waals surface area contributed by atoms with E-state index in [-0.39, 0.29) is 11.5 Å². The Morgan fingerprint density at radius 2 is 1.87 bits per heavy atom. The number of carbonyl (C=O) groups excluding carboxylic acids is 1. The van der Waals surface area contributed by atoms with Gasteiger partial charge in [0.25, 0.3) is 5.91 Å². The van der Waals surface area contributed by atoms with E-state index in [9.17, 15) is 9.59 Å². The molecule has 0 unspecified atom stereocenters. The summed E-state index contributed by atoms with van der Waals surface area (Å²) >= 11 is 1.70. The minimum atomic E-state index is -0.235. The second-order valence-electron chi connectivity index (χ2n) is 5.83. The summed E-state index contributed by atoms with van der Waals surface area (Å²) in [4.78, 5) is 36.6. The number of aryl methyl sites for hydroxylation is 3. The standard InChI is InChI=1S/C16H20N4O2S/c1-10-8-13(9-14(21)17-10)15(22)19-4-6-20(7-5-19)16-18-11(2)12(3)23-16/h8-9H,4-7H2,1-3H3,(H,17,21). The number of rotatable bonds is 2. The minimum absolute atomic E-state index is 0.0784. The molecule has 1 aliphatic rings. The van der Waals surface area contributed by atoms with Gasteiger partial charge in [-0.2, -0.15) is 0 Å². The van der Waals surface area contributed by atoms with Crippen LogP contribution in [0.25, 0.3) is 0 Å². The quantitative estimate of drug-likeness (QED) is 0.909. The third-order valence-electron chi connectivity index (χ3n) is 4.08. The molecule has 23 heavy (non-hydrogen) atoms. The molecule has 3 rings (SSSR count). The highest BCUT2D eigenvalue weighted by molar-refractivity contribution is 7.15. The first kappa shape index (κ1) is 15.7. The summed E-state index contributed by atoms with van der Waals surface area (Å²) in [7, 11) is 0. The lowest BCUT2D eigenvalue weighted by molar-refractivity contribution is 0.0746. The highest BCUT2D eigenvalue weighted by Crippen LogP contribution is 2.26. The molecule has 1 saturated heterocycles. The highest BCUT2D eigenvalue weighted by Gasteiger charge is 2.24. The first-order valence-electron chi connectivity index (χ1n) is 7.63. The molecule has 2 aromatic rings. The number of H-pyrrole nitrogens is 1. The number of nitrogens with one attached hydrogen (secondary N) is 1. The summed E-state index contributed by atoms with van der Waals surface area (Å²) in [5.41, 5.74) is 2.00. The van der Waals surface area contributed by atoms with Crippen molar-refractivity contribution in [1.29, 1.82) is 0 Å². The third-order valence-corrected chi connectivity index (χ3v) is 5.21. The molecule has 0 radical (unpaired) electrons. The molecule has 6 nitrogen and oxygen atoms in total. The van der Waals surface area contributed by atoms with Crippen molar-refractivity contribution in [3.8, 4) is 0 Å². The number of nitrogens with zero attached hydrogens (tertiary/aromatic N) is 3. The molecule has 2 aromatic heterocycles. The van der Waals surface area contributed by atoms with Crippen molar-refractivity contribution in [1.82, 2.24) is 14.9 Å². The SMILES string of the molecule is Cc1cc(C(=O)N2CCN(c3nc(C)c(C)s3)CC2)cc(=O)[nH]1. The van der Waals surface area contributed by atoms with Gasteiger partial charge in [0, 0.05) is 48.4 Å². The van der Waals surface area contributed by atoms with Crippen LogP contribution in [0.2, 0.25) is 0 Å². The van der Waals surface area contributed by atoms with Crippen molar-refractivity contribution in [2.75, 3.05) is 31.1 Å². The number of carbonyl (C=O) groups is 1. The summed E-state index contributed by atoms with van der Waals surface area (Å²) in [6.45, 7) is 8.69. The molecule has 0 atom stereocenters. The number of thiazole rings is 1. The molecular formula is C16H20N4O2S. The normalized spacial score (nSPS) is 15.1. The van der Waals surface area contributed by atoms with E-state index in [4.69, 9.17) is 0 Å². The van der Waals surface area contributed by atoms with Gasteiger partial charge in [-0.1, -0.05) is 0 Å². The Bertz CT molecular complexity index is 768. The van der Waals surface area contributed by atoms with Crippen LogP contribution in [-0.4, -0.2) is 47.0 Å². The lowest BCUT2D eigenvalue weighted by Gasteiger charge is -2.34. The van der Waals surface area contributed by atoms with Crippen LogP contribution < -0.4 is 10.5 Å². The first-order chi connectivity index (χ1) is 10.9. The predicted molar refractivity (Wildman–Crippen MR) is 91.5 cm³/mol. The zero-order valence-corrected chi connectivity index (χ0v) is 14.4. The average molecular weight is 332 g/mol. The molecule has 3 heterocycles. The van der Waals surface area contributed by atoms with Crippen LogP contribution >= 0.6 is 11.3 Å². The Balaban J connectivity index is 1.68. The Kier molecular flexibility index (Phi) is 4.21.